The molecule has 0 aliphatic heterocycles. The number of likely N-dealkylation sites (N-methyl/N-ethyl adjacent to an activating group) is 1. The highest BCUT2D eigenvalue weighted by Gasteiger charge is 2.06. The molecule has 2 N–H and O–H groups in total. The molecule has 0 fully saturated rings. The van der Waals surface area contributed by atoms with E-state index in [1.54, 1.807) is 25.2 Å². The molecule has 112 valence electrons. The van der Waals surface area contributed by atoms with E-state index in [-0.39, 0.29) is 12.6 Å². The lowest BCUT2D eigenvalue weighted by Crippen LogP contribution is -2.39. The SMILES string of the molecule is CN(CCO)C(=O)NCCCOc1ccc(Cl)cc1Cl. The summed E-state index contributed by atoms with van der Waals surface area (Å²) in [5, 5.41) is 12.4. The number of carbonyl (C=O) groups excluding carboxylic acids is 1. The predicted octanol–water partition coefficient (Wildman–Crippen LogP) is 2.40. The summed E-state index contributed by atoms with van der Waals surface area (Å²) in [6.45, 7) is 1.18. The molecule has 0 aliphatic rings. The first-order valence-electron chi connectivity index (χ1n) is 6.22. The summed E-state index contributed by atoms with van der Waals surface area (Å²) in [5.74, 6) is 0.569. The summed E-state index contributed by atoms with van der Waals surface area (Å²) in [6.07, 6.45) is 0.650. The molecule has 0 radical (unpaired) electrons. The zero-order valence-electron chi connectivity index (χ0n) is 11.2. The monoisotopic (exact) mass is 320 g/mol. The van der Waals surface area contributed by atoms with Crippen LogP contribution in [0.1, 0.15) is 6.42 Å². The third-order valence-electron chi connectivity index (χ3n) is 2.53. The molecule has 20 heavy (non-hydrogen) atoms. The second kappa shape index (κ2) is 8.89. The standard InChI is InChI=1S/C13H18Cl2N2O3/c1-17(6-7-18)13(19)16-5-2-8-20-12-4-3-10(14)9-11(12)15/h3-4,9,18H,2,5-8H2,1H3,(H,16,19). The minimum atomic E-state index is -0.219. The van der Waals surface area contributed by atoms with Crippen molar-refractivity contribution in [3.8, 4) is 5.75 Å². The molecule has 1 rings (SSSR count). The average Bonchev–Trinajstić information content (AvgIpc) is 2.40. The Morgan fingerprint density at radius 1 is 1.45 bits per heavy atom. The highest BCUT2D eigenvalue weighted by atomic mass is 35.5. The van der Waals surface area contributed by atoms with Gasteiger partial charge in [-0.3, -0.25) is 0 Å². The number of hydrogen-bond donors (Lipinski definition) is 2. The number of aliphatic hydroxyl groups excluding tert-OH is 1. The van der Waals surface area contributed by atoms with Crippen molar-refractivity contribution in [2.45, 2.75) is 6.42 Å². The van der Waals surface area contributed by atoms with E-state index < -0.39 is 0 Å². The summed E-state index contributed by atoms with van der Waals surface area (Å²) in [6, 6.07) is 4.81. The van der Waals surface area contributed by atoms with Crippen LogP contribution in [0.3, 0.4) is 0 Å². The van der Waals surface area contributed by atoms with Crippen molar-refractivity contribution in [3.63, 3.8) is 0 Å². The molecule has 0 unspecified atom stereocenters. The molecule has 0 aromatic heterocycles. The Hall–Kier alpha value is -1.17. The van der Waals surface area contributed by atoms with Gasteiger partial charge in [0.15, 0.2) is 0 Å². The first-order chi connectivity index (χ1) is 9.54. The fraction of sp³-hybridized carbons (Fsp3) is 0.462. The fourth-order valence-electron chi connectivity index (χ4n) is 1.43. The number of aliphatic hydroxyl groups is 1. The van der Waals surface area contributed by atoms with E-state index in [1.165, 1.54) is 4.90 Å². The molecular weight excluding hydrogens is 303 g/mol. The quantitative estimate of drug-likeness (QED) is 0.758. The lowest BCUT2D eigenvalue weighted by atomic mass is 10.3. The molecule has 2 amide bonds. The lowest BCUT2D eigenvalue weighted by Gasteiger charge is -2.16. The smallest absolute Gasteiger partial charge is 0.317 e. The maximum absolute atomic E-state index is 11.5. The molecule has 0 heterocycles. The molecule has 0 saturated heterocycles. The van der Waals surface area contributed by atoms with Crippen molar-refractivity contribution in [2.75, 3.05) is 33.4 Å². The number of urea groups is 1. The summed E-state index contributed by atoms with van der Waals surface area (Å²) >= 11 is 11.7. The van der Waals surface area contributed by atoms with Crippen LogP contribution in [0.15, 0.2) is 18.2 Å². The second-order valence-electron chi connectivity index (χ2n) is 4.15. The fourth-order valence-corrected chi connectivity index (χ4v) is 1.89. The van der Waals surface area contributed by atoms with Crippen LogP contribution in [0.5, 0.6) is 5.75 Å². The average molecular weight is 321 g/mol. The molecule has 7 heteroatoms. The van der Waals surface area contributed by atoms with Crippen LogP contribution >= 0.6 is 23.2 Å². The van der Waals surface area contributed by atoms with E-state index in [0.29, 0.717) is 41.9 Å². The van der Waals surface area contributed by atoms with Crippen LogP contribution < -0.4 is 10.1 Å². The Labute approximate surface area is 128 Å². The molecule has 0 atom stereocenters. The van der Waals surface area contributed by atoms with E-state index in [2.05, 4.69) is 5.32 Å². The highest BCUT2D eigenvalue weighted by molar-refractivity contribution is 6.35. The summed E-state index contributed by atoms with van der Waals surface area (Å²) in [5.41, 5.74) is 0. The zero-order valence-corrected chi connectivity index (χ0v) is 12.7. The van der Waals surface area contributed by atoms with Gasteiger partial charge in [0, 0.05) is 25.2 Å². The first-order valence-corrected chi connectivity index (χ1v) is 6.98. The predicted molar refractivity (Wildman–Crippen MR) is 79.7 cm³/mol. The van der Waals surface area contributed by atoms with E-state index in [4.69, 9.17) is 33.0 Å². The molecular formula is C13H18Cl2N2O3. The molecule has 0 aliphatic carbocycles. The third-order valence-corrected chi connectivity index (χ3v) is 3.06. The maximum atomic E-state index is 11.5. The Morgan fingerprint density at radius 3 is 2.85 bits per heavy atom. The van der Waals surface area contributed by atoms with Gasteiger partial charge in [0.05, 0.1) is 18.2 Å². The van der Waals surface area contributed by atoms with E-state index in [1.807, 2.05) is 0 Å². The van der Waals surface area contributed by atoms with Gasteiger partial charge in [-0.1, -0.05) is 23.2 Å². The van der Waals surface area contributed by atoms with Crippen LogP contribution in [0.4, 0.5) is 4.79 Å². The minimum absolute atomic E-state index is 0.0535. The van der Waals surface area contributed by atoms with Crippen molar-refractivity contribution in [1.29, 1.82) is 0 Å². The van der Waals surface area contributed by atoms with Gasteiger partial charge in [0.2, 0.25) is 0 Å². The molecule has 1 aromatic carbocycles. The summed E-state index contributed by atoms with van der Waals surface area (Å²) in [7, 11) is 1.62. The van der Waals surface area contributed by atoms with Crippen molar-refractivity contribution in [1.82, 2.24) is 10.2 Å². The van der Waals surface area contributed by atoms with E-state index in [9.17, 15) is 4.79 Å². The normalized spacial score (nSPS) is 10.2. The van der Waals surface area contributed by atoms with Crippen LogP contribution in [0, 0.1) is 0 Å². The number of nitrogens with zero attached hydrogens (tertiary/aromatic N) is 1. The number of amides is 2. The van der Waals surface area contributed by atoms with Gasteiger partial charge in [0.25, 0.3) is 0 Å². The topological polar surface area (TPSA) is 61.8 Å². The molecule has 0 spiro atoms. The summed E-state index contributed by atoms with van der Waals surface area (Å²) in [4.78, 5) is 12.9. The van der Waals surface area contributed by atoms with Gasteiger partial charge in [-0.15, -0.1) is 0 Å². The van der Waals surface area contributed by atoms with E-state index >= 15 is 0 Å². The maximum Gasteiger partial charge on any atom is 0.317 e. The molecule has 0 bridgehead atoms. The van der Waals surface area contributed by atoms with Gasteiger partial charge >= 0.3 is 6.03 Å². The van der Waals surface area contributed by atoms with Crippen LogP contribution in [-0.2, 0) is 0 Å². The van der Waals surface area contributed by atoms with Gasteiger partial charge in [-0.05, 0) is 24.6 Å². The zero-order chi connectivity index (χ0) is 15.0. The Bertz CT molecular complexity index is 444. The number of ether oxygens (including phenoxy) is 1. The molecule has 1 aromatic rings. The van der Waals surface area contributed by atoms with Crippen molar-refractivity contribution in [3.05, 3.63) is 28.2 Å². The minimum Gasteiger partial charge on any atom is -0.492 e. The Balaban J connectivity index is 2.20. The Morgan fingerprint density at radius 2 is 2.20 bits per heavy atom. The van der Waals surface area contributed by atoms with Gasteiger partial charge < -0.3 is 20.1 Å². The Kier molecular flexibility index (Phi) is 7.51. The van der Waals surface area contributed by atoms with Crippen LogP contribution in [-0.4, -0.2) is 49.4 Å². The van der Waals surface area contributed by atoms with Crippen LogP contribution in [0.2, 0.25) is 10.0 Å². The number of nitrogens with one attached hydrogen (secondary N) is 1. The van der Waals surface area contributed by atoms with Gasteiger partial charge in [-0.25, -0.2) is 4.79 Å². The van der Waals surface area contributed by atoms with E-state index in [0.717, 1.165) is 0 Å². The third kappa shape index (κ3) is 5.86. The number of halogens is 2. The lowest BCUT2D eigenvalue weighted by molar-refractivity contribution is 0.189. The largest absolute Gasteiger partial charge is 0.492 e. The second-order valence-corrected chi connectivity index (χ2v) is 5.00. The highest BCUT2D eigenvalue weighted by Crippen LogP contribution is 2.27. The van der Waals surface area contributed by atoms with Crippen molar-refractivity contribution < 1.29 is 14.6 Å². The summed E-state index contributed by atoms with van der Waals surface area (Å²) < 4.78 is 5.49. The number of hydrogen-bond acceptors (Lipinski definition) is 3. The number of rotatable bonds is 7. The van der Waals surface area contributed by atoms with Gasteiger partial charge in [0.1, 0.15) is 5.75 Å². The molecule has 5 nitrogen and oxygen atoms in total. The van der Waals surface area contributed by atoms with Crippen molar-refractivity contribution >= 4 is 29.2 Å². The molecule has 0 saturated carbocycles. The number of carbonyl (C=O) groups is 1. The van der Waals surface area contributed by atoms with Gasteiger partial charge in [-0.2, -0.15) is 0 Å². The first kappa shape index (κ1) is 16.9. The van der Waals surface area contributed by atoms with Crippen LogP contribution in [0.25, 0.3) is 0 Å². The number of benzene rings is 1. The van der Waals surface area contributed by atoms with Crippen molar-refractivity contribution in [2.24, 2.45) is 0 Å².